The zero-order chi connectivity index (χ0) is 18.1. The van der Waals surface area contributed by atoms with Crippen LogP contribution in [0.25, 0.3) is 11.4 Å². The Morgan fingerprint density at radius 2 is 1.80 bits per heavy atom. The van der Waals surface area contributed by atoms with Crippen molar-refractivity contribution in [3.05, 3.63) is 42.2 Å². The maximum Gasteiger partial charge on any atom is 0.305 e. The second kappa shape index (κ2) is 9.77. The Kier molecular flexibility index (Phi) is 7.38. The Labute approximate surface area is 149 Å². The third kappa shape index (κ3) is 6.53. The summed E-state index contributed by atoms with van der Waals surface area (Å²) < 4.78 is 5.26. The van der Waals surface area contributed by atoms with Crippen molar-refractivity contribution < 1.29 is 14.6 Å². The van der Waals surface area contributed by atoms with E-state index in [1.54, 1.807) is 0 Å². The quantitative estimate of drug-likeness (QED) is 0.543. The number of esters is 1. The van der Waals surface area contributed by atoms with Crippen molar-refractivity contribution in [3.8, 4) is 17.1 Å². The number of benzene rings is 1. The molecular formula is C20H26N2O3. The molecule has 1 aromatic carbocycles. The van der Waals surface area contributed by atoms with E-state index in [-0.39, 0.29) is 17.8 Å². The number of aryl methyl sites for hydroxylation is 1. The summed E-state index contributed by atoms with van der Waals surface area (Å²) in [4.78, 5) is 19.4. The molecule has 0 bridgehead atoms. The van der Waals surface area contributed by atoms with Crippen LogP contribution in [0.3, 0.4) is 0 Å². The topological polar surface area (TPSA) is 72.3 Å². The highest BCUT2D eigenvalue weighted by Gasteiger charge is 2.07. The maximum absolute atomic E-state index is 11.2. The molecule has 5 heteroatoms. The SMILES string of the molecule is CCC(=O)OC(C)CCCCCc1ccc(-c2ncc(O)cn2)cc1. The molecule has 0 aliphatic heterocycles. The zero-order valence-corrected chi connectivity index (χ0v) is 14.9. The first-order valence-corrected chi connectivity index (χ1v) is 8.88. The standard InChI is InChI=1S/C20H26N2O3/c1-3-19(24)25-15(2)7-5-4-6-8-16-9-11-17(12-10-16)20-21-13-18(23)14-22-20/h9-15,23H,3-8H2,1-2H3. The lowest BCUT2D eigenvalue weighted by molar-refractivity contribution is -0.148. The van der Waals surface area contributed by atoms with E-state index in [2.05, 4.69) is 22.1 Å². The lowest BCUT2D eigenvalue weighted by Crippen LogP contribution is -2.13. The number of nitrogens with zero attached hydrogens (tertiary/aromatic N) is 2. The van der Waals surface area contributed by atoms with E-state index in [4.69, 9.17) is 4.74 Å². The molecule has 1 aromatic heterocycles. The summed E-state index contributed by atoms with van der Waals surface area (Å²) in [5.41, 5.74) is 2.23. The van der Waals surface area contributed by atoms with Crippen LogP contribution in [0.1, 0.15) is 51.5 Å². The van der Waals surface area contributed by atoms with Gasteiger partial charge in [0, 0.05) is 12.0 Å². The molecule has 0 aliphatic carbocycles. The number of hydrogen-bond donors (Lipinski definition) is 1. The molecule has 0 fully saturated rings. The van der Waals surface area contributed by atoms with Gasteiger partial charge in [-0.05, 0) is 38.2 Å². The number of aromatic nitrogens is 2. The summed E-state index contributed by atoms with van der Waals surface area (Å²) in [7, 11) is 0. The number of rotatable bonds is 9. The number of carbonyl (C=O) groups is 1. The first kappa shape index (κ1) is 18.9. The molecule has 0 spiro atoms. The molecule has 134 valence electrons. The molecule has 5 nitrogen and oxygen atoms in total. The minimum atomic E-state index is -0.120. The molecule has 0 saturated carbocycles. The number of hydrogen-bond acceptors (Lipinski definition) is 5. The fourth-order valence-corrected chi connectivity index (χ4v) is 2.60. The van der Waals surface area contributed by atoms with Gasteiger partial charge >= 0.3 is 5.97 Å². The van der Waals surface area contributed by atoms with Crippen molar-refractivity contribution in [2.75, 3.05) is 0 Å². The van der Waals surface area contributed by atoms with Gasteiger partial charge in [0.1, 0.15) is 0 Å². The lowest BCUT2D eigenvalue weighted by atomic mass is 10.0. The van der Waals surface area contributed by atoms with E-state index >= 15 is 0 Å². The molecule has 1 N–H and O–H groups in total. The monoisotopic (exact) mass is 342 g/mol. The summed E-state index contributed by atoms with van der Waals surface area (Å²) in [5, 5.41) is 9.23. The normalized spacial score (nSPS) is 11.9. The van der Waals surface area contributed by atoms with Crippen molar-refractivity contribution in [3.63, 3.8) is 0 Å². The highest BCUT2D eigenvalue weighted by atomic mass is 16.5. The summed E-state index contributed by atoms with van der Waals surface area (Å²) in [6.07, 6.45) is 8.50. The molecule has 1 atom stereocenters. The van der Waals surface area contributed by atoms with Gasteiger partial charge in [0.05, 0.1) is 18.5 Å². The zero-order valence-electron chi connectivity index (χ0n) is 14.9. The molecule has 0 saturated heterocycles. The van der Waals surface area contributed by atoms with Crippen molar-refractivity contribution in [1.29, 1.82) is 0 Å². The Bertz CT molecular complexity index is 654. The predicted octanol–water partition coefficient (Wildman–Crippen LogP) is 4.29. The van der Waals surface area contributed by atoms with Gasteiger partial charge in [-0.3, -0.25) is 4.79 Å². The van der Waals surface area contributed by atoms with Gasteiger partial charge in [-0.1, -0.05) is 37.6 Å². The molecule has 2 rings (SSSR count). The van der Waals surface area contributed by atoms with Crippen LogP contribution in [0.4, 0.5) is 0 Å². The minimum absolute atomic E-state index is 0.0112. The van der Waals surface area contributed by atoms with E-state index < -0.39 is 0 Å². The van der Waals surface area contributed by atoms with Gasteiger partial charge in [0.15, 0.2) is 11.6 Å². The summed E-state index contributed by atoms with van der Waals surface area (Å²) >= 11 is 0. The first-order chi connectivity index (χ1) is 12.1. The second-order valence-electron chi connectivity index (χ2n) is 6.22. The number of unbranched alkanes of at least 4 members (excludes halogenated alkanes) is 2. The van der Waals surface area contributed by atoms with E-state index in [9.17, 15) is 9.90 Å². The number of aromatic hydroxyl groups is 1. The Morgan fingerprint density at radius 1 is 1.12 bits per heavy atom. The van der Waals surface area contributed by atoms with Crippen LogP contribution in [0, 0.1) is 0 Å². The van der Waals surface area contributed by atoms with Gasteiger partial charge < -0.3 is 9.84 Å². The third-order valence-corrected chi connectivity index (χ3v) is 4.05. The molecule has 25 heavy (non-hydrogen) atoms. The number of carbonyl (C=O) groups excluding carboxylic acids is 1. The summed E-state index contributed by atoms with van der Waals surface area (Å²) in [6.45, 7) is 3.77. The average Bonchev–Trinajstić information content (AvgIpc) is 2.62. The van der Waals surface area contributed by atoms with Crippen LogP contribution in [0.15, 0.2) is 36.7 Å². The van der Waals surface area contributed by atoms with Crippen LogP contribution >= 0.6 is 0 Å². The Balaban J connectivity index is 1.69. The van der Waals surface area contributed by atoms with E-state index in [1.165, 1.54) is 18.0 Å². The Hall–Kier alpha value is -2.43. The molecule has 1 unspecified atom stereocenters. The van der Waals surface area contributed by atoms with Gasteiger partial charge in [0.2, 0.25) is 0 Å². The van der Waals surface area contributed by atoms with Gasteiger partial charge in [-0.2, -0.15) is 0 Å². The summed E-state index contributed by atoms with van der Waals surface area (Å²) in [5.74, 6) is 0.560. The van der Waals surface area contributed by atoms with Crippen molar-refractivity contribution in [2.24, 2.45) is 0 Å². The molecule has 0 radical (unpaired) electrons. The van der Waals surface area contributed by atoms with Crippen LogP contribution in [-0.4, -0.2) is 27.1 Å². The van der Waals surface area contributed by atoms with Gasteiger partial charge in [-0.15, -0.1) is 0 Å². The number of ether oxygens (including phenoxy) is 1. The van der Waals surface area contributed by atoms with E-state index in [0.717, 1.165) is 37.7 Å². The van der Waals surface area contributed by atoms with Crippen LogP contribution < -0.4 is 0 Å². The van der Waals surface area contributed by atoms with Crippen LogP contribution in [0.2, 0.25) is 0 Å². The van der Waals surface area contributed by atoms with Crippen molar-refractivity contribution in [1.82, 2.24) is 9.97 Å². The maximum atomic E-state index is 11.2. The fourth-order valence-electron chi connectivity index (χ4n) is 2.60. The minimum Gasteiger partial charge on any atom is -0.505 e. The van der Waals surface area contributed by atoms with Crippen molar-refractivity contribution >= 4 is 5.97 Å². The largest absolute Gasteiger partial charge is 0.505 e. The van der Waals surface area contributed by atoms with Crippen LogP contribution in [-0.2, 0) is 16.0 Å². The van der Waals surface area contributed by atoms with Gasteiger partial charge in [-0.25, -0.2) is 9.97 Å². The van der Waals surface area contributed by atoms with Crippen molar-refractivity contribution in [2.45, 2.75) is 58.5 Å². The smallest absolute Gasteiger partial charge is 0.305 e. The molecule has 2 aromatic rings. The highest BCUT2D eigenvalue weighted by molar-refractivity contribution is 5.69. The molecule has 0 amide bonds. The first-order valence-electron chi connectivity index (χ1n) is 8.88. The second-order valence-corrected chi connectivity index (χ2v) is 6.22. The lowest BCUT2D eigenvalue weighted by Gasteiger charge is -2.12. The summed E-state index contributed by atoms with van der Waals surface area (Å²) in [6, 6.07) is 8.20. The highest BCUT2D eigenvalue weighted by Crippen LogP contribution is 2.18. The van der Waals surface area contributed by atoms with E-state index in [0.29, 0.717) is 12.2 Å². The fraction of sp³-hybridized carbons (Fsp3) is 0.450. The molecule has 1 heterocycles. The molecule has 0 aliphatic rings. The predicted molar refractivity (Wildman–Crippen MR) is 97.1 cm³/mol. The Morgan fingerprint density at radius 3 is 2.44 bits per heavy atom. The van der Waals surface area contributed by atoms with E-state index in [1.807, 2.05) is 26.0 Å². The average molecular weight is 342 g/mol. The van der Waals surface area contributed by atoms with Crippen LogP contribution in [0.5, 0.6) is 5.75 Å². The van der Waals surface area contributed by atoms with Gasteiger partial charge in [0.25, 0.3) is 0 Å². The third-order valence-electron chi connectivity index (χ3n) is 4.05. The molecular weight excluding hydrogens is 316 g/mol.